The van der Waals surface area contributed by atoms with Crippen LogP contribution in [0.2, 0.25) is 0 Å². The normalized spacial score (nSPS) is 13.5. The van der Waals surface area contributed by atoms with Crippen LogP contribution in [0.1, 0.15) is 37.9 Å². The van der Waals surface area contributed by atoms with Crippen LogP contribution in [0.4, 0.5) is 0 Å². The second kappa shape index (κ2) is 7.54. The zero-order valence-corrected chi connectivity index (χ0v) is 16.8. The summed E-state index contributed by atoms with van der Waals surface area (Å²) in [7, 11) is 1.63. The number of aryl methyl sites for hydroxylation is 1. The highest BCUT2D eigenvalue weighted by atomic mass is 16.2. The maximum absolute atomic E-state index is 13.3. The van der Waals surface area contributed by atoms with E-state index >= 15 is 0 Å². The number of hydrogen-bond donors (Lipinski definition) is 1. The number of carbonyl (C=O) groups excluding carboxylic acids is 1. The first-order valence-corrected chi connectivity index (χ1v) is 9.83. The Morgan fingerprint density at radius 2 is 1.76 bits per heavy atom. The molecule has 2 aromatic carbocycles. The van der Waals surface area contributed by atoms with Crippen molar-refractivity contribution in [3.8, 4) is 0 Å². The Morgan fingerprint density at radius 3 is 2.48 bits per heavy atom. The first-order valence-electron chi connectivity index (χ1n) is 9.83. The van der Waals surface area contributed by atoms with Gasteiger partial charge in [-0.05, 0) is 25.0 Å². The van der Waals surface area contributed by atoms with Crippen molar-refractivity contribution in [1.29, 1.82) is 0 Å². The zero-order chi connectivity index (χ0) is 20.5. The van der Waals surface area contributed by atoms with Crippen molar-refractivity contribution in [2.75, 3.05) is 0 Å². The Morgan fingerprint density at radius 1 is 1.07 bits per heavy atom. The van der Waals surface area contributed by atoms with Gasteiger partial charge in [0.1, 0.15) is 11.6 Å². The third-order valence-corrected chi connectivity index (χ3v) is 5.47. The highest BCUT2D eigenvalue weighted by Crippen LogP contribution is 2.31. The molecule has 0 radical (unpaired) electrons. The number of hydrogen-bond acceptors (Lipinski definition) is 3. The summed E-state index contributed by atoms with van der Waals surface area (Å²) in [6, 6.07) is 17.0. The molecule has 4 rings (SSSR count). The minimum atomic E-state index is -0.501. The summed E-state index contributed by atoms with van der Waals surface area (Å²) in [5, 5.41) is 8.99. The number of aromatic nitrogens is 3. The van der Waals surface area contributed by atoms with E-state index in [4.69, 9.17) is 0 Å². The number of rotatable bonds is 5. The fraction of sp³-hybridized carbons (Fsp3) is 0.261. The van der Waals surface area contributed by atoms with Crippen LogP contribution >= 0.6 is 0 Å². The standard InChI is InChI=1S/C23H24N4O2/c1-4-19(22(28)25-15(2)16-10-6-5-7-11-16)27-20-13-9-8-12-17(20)18-14-24-26(3)23(29)21(18)27/h5-15,19H,4H2,1-3H3,(H,25,28)/t15-,19+/m0/s1. The lowest BCUT2D eigenvalue weighted by molar-refractivity contribution is -0.124. The highest BCUT2D eigenvalue weighted by Gasteiger charge is 2.26. The summed E-state index contributed by atoms with van der Waals surface area (Å²) in [4.78, 5) is 26.2. The third kappa shape index (κ3) is 3.20. The van der Waals surface area contributed by atoms with Gasteiger partial charge in [0.15, 0.2) is 0 Å². The van der Waals surface area contributed by atoms with E-state index in [1.165, 1.54) is 4.68 Å². The molecule has 0 aliphatic rings. The Bertz CT molecular complexity index is 1240. The lowest BCUT2D eigenvalue weighted by Crippen LogP contribution is -2.35. The van der Waals surface area contributed by atoms with Crippen molar-refractivity contribution in [2.45, 2.75) is 32.4 Å². The monoisotopic (exact) mass is 388 g/mol. The largest absolute Gasteiger partial charge is 0.348 e. The molecule has 0 saturated carbocycles. The van der Waals surface area contributed by atoms with Gasteiger partial charge < -0.3 is 9.88 Å². The average molecular weight is 388 g/mol. The Balaban J connectivity index is 1.83. The molecule has 0 saturated heterocycles. The SMILES string of the molecule is CC[C@H](C(=O)N[C@@H](C)c1ccccc1)n1c2ccccc2c2cnn(C)c(=O)c21. The summed E-state index contributed by atoms with van der Waals surface area (Å²) in [5.41, 5.74) is 2.21. The fourth-order valence-corrected chi connectivity index (χ4v) is 3.93. The van der Waals surface area contributed by atoms with Crippen molar-refractivity contribution >= 4 is 27.7 Å². The molecule has 29 heavy (non-hydrogen) atoms. The maximum atomic E-state index is 13.3. The van der Waals surface area contributed by atoms with E-state index in [0.29, 0.717) is 11.9 Å². The minimum absolute atomic E-state index is 0.106. The van der Waals surface area contributed by atoms with Crippen molar-refractivity contribution in [3.63, 3.8) is 0 Å². The van der Waals surface area contributed by atoms with Gasteiger partial charge in [-0.15, -0.1) is 0 Å². The second-order valence-electron chi connectivity index (χ2n) is 7.29. The predicted octanol–water partition coefficient (Wildman–Crippen LogP) is 3.72. The number of nitrogens with zero attached hydrogens (tertiary/aromatic N) is 3. The van der Waals surface area contributed by atoms with Gasteiger partial charge in [0.25, 0.3) is 5.56 Å². The second-order valence-corrected chi connectivity index (χ2v) is 7.29. The molecule has 2 aromatic heterocycles. The van der Waals surface area contributed by atoms with Gasteiger partial charge in [0.05, 0.1) is 17.8 Å². The van der Waals surface area contributed by atoms with Crippen molar-refractivity contribution in [1.82, 2.24) is 19.7 Å². The molecule has 0 unspecified atom stereocenters. The highest BCUT2D eigenvalue weighted by molar-refractivity contribution is 6.08. The Kier molecular flexibility index (Phi) is 4.92. The minimum Gasteiger partial charge on any atom is -0.348 e. The molecule has 0 spiro atoms. The number of para-hydroxylation sites is 1. The molecular weight excluding hydrogens is 364 g/mol. The van der Waals surface area contributed by atoms with Crippen LogP contribution in [0.15, 0.2) is 65.6 Å². The van der Waals surface area contributed by atoms with Crippen LogP contribution in [0.3, 0.4) is 0 Å². The zero-order valence-electron chi connectivity index (χ0n) is 16.8. The van der Waals surface area contributed by atoms with Gasteiger partial charge in [-0.2, -0.15) is 5.10 Å². The summed E-state index contributed by atoms with van der Waals surface area (Å²) in [6.07, 6.45) is 2.26. The van der Waals surface area contributed by atoms with E-state index in [-0.39, 0.29) is 17.5 Å². The number of benzene rings is 2. The summed E-state index contributed by atoms with van der Waals surface area (Å²) in [6.45, 7) is 3.93. The quantitative estimate of drug-likeness (QED) is 0.567. The van der Waals surface area contributed by atoms with Gasteiger partial charge in [-0.1, -0.05) is 55.5 Å². The van der Waals surface area contributed by atoms with Gasteiger partial charge in [-0.25, -0.2) is 4.68 Å². The van der Waals surface area contributed by atoms with Crippen LogP contribution in [0, 0.1) is 0 Å². The van der Waals surface area contributed by atoms with E-state index in [0.717, 1.165) is 21.9 Å². The molecule has 1 N–H and O–H groups in total. The van der Waals surface area contributed by atoms with Crippen LogP contribution in [-0.4, -0.2) is 20.3 Å². The summed E-state index contributed by atoms with van der Waals surface area (Å²) >= 11 is 0. The molecule has 0 aliphatic heterocycles. The molecule has 2 heterocycles. The van der Waals surface area contributed by atoms with E-state index in [1.807, 2.05) is 73.0 Å². The molecule has 6 heteroatoms. The number of amides is 1. The Hall–Kier alpha value is -3.41. The molecular formula is C23H24N4O2. The predicted molar refractivity (Wildman–Crippen MR) is 115 cm³/mol. The molecule has 2 atom stereocenters. The first-order chi connectivity index (χ1) is 14.0. The van der Waals surface area contributed by atoms with Gasteiger partial charge in [0.2, 0.25) is 5.91 Å². The number of fused-ring (bicyclic) bond motifs is 3. The lowest BCUT2D eigenvalue weighted by atomic mass is 10.1. The smallest absolute Gasteiger partial charge is 0.291 e. The van der Waals surface area contributed by atoms with E-state index in [1.54, 1.807) is 13.2 Å². The number of carbonyl (C=O) groups is 1. The van der Waals surface area contributed by atoms with Crippen molar-refractivity contribution < 1.29 is 4.79 Å². The third-order valence-electron chi connectivity index (χ3n) is 5.47. The summed E-state index contributed by atoms with van der Waals surface area (Å²) in [5.74, 6) is -0.106. The van der Waals surface area contributed by atoms with Gasteiger partial charge in [-0.3, -0.25) is 9.59 Å². The molecule has 0 aliphatic carbocycles. The summed E-state index contributed by atoms with van der Waals surface area (Å²) < 4.78 is 3.19. The molecule has 6 nitrogen and oxygen atoms in total. The maximum Gasteiger partial charge on any atom is 0.291 e. The van der Waals surface area contributed by atoms with E-state index in [9.17, 15) is 9.59 Å². The van der Waals surface area contributed by atoms with Crippen LogP contribution in [0.5, 0.6) is 0 Å². The lowest BCUT2D eigenvalue weighted by Gasteiger charge is -2.22. The van der Waals surface area contributed by atoms with Gasteiger partial charge >= 0.3 is 0 Å². The van der Waals surface area contributed by atoms with Gasteiger partial charge in [0, 0.05) is 17.8 Å². The fourth-order valence-electron chi connectivity index (χ4n) is 3.93. The first kappa shape index (κ1) is 18.9. The van der Waals surface area contributed by atoms with E-state index < -0.39 is 6.04 Å². The van der Waals surface area contributed by atoms with Crippen LogP contribution in [-0.2, 0) is 11.8 Å². The molecule has 0 fully saturated rings. The average Bonchev–Trinajstić information content (AvgIpc) is 3.07. The number of nitrogens with one attached hydrogen (secondary N) is 1. The molecule has 148 valence electrons. The molecule has 0 bridgehead atoms. The van der Waals surface area contributed by atoms with Crippen LogP contribution in [0.25, 0.3) is 21.8 Å². The molecule has 4 aromatic rings. The van der Waals surface area contributed by atoms with E-state index in [2.05, 4.69) is 10.4 Å². The Labute approximate surface area is 168 Å². The van der Waals surface area contributed by atoms with Crippen LogP contribution < -0.4 is 10.9 Å². The molecule has 1 amide bonds. The van der Waals surface area contributed by atoms with Crippen molar-refractivity contribution in [2.24, 2.45) is 7.05 Å². The van der Waals surface area contributed by atoms with Crippen molar-refractivity contribution in [3.05, 3.63) is 76.7 Å². The topological polar surface area (TPSA) is 68.9 Å².